The quantitative estimate of drug-likeness (QED) is 0.0547. The second kappa shape index (κ2) is 31.9. The molecule has 6 aromatic carbocycles. The van der Waals surface area contributed by atoms with Crippen molar-refractivity contribution in [2.45, 2.75) is 51.2 Å². The molecule has 14 rings (SSSR count). The van der Waals surface area contributed by atoms with Gasteiger partial charge in [0.25, 0.3) is 0 Å². The number of piperidine rings is 2. The van der Waals surface area contributed by atoms with E-state index in [4.69, 9.17) is 46.3 Å². The number of fused-ring (bicyclic) bond motifs is 3. The summed E-state index contributed by atoms with van der Waals surface area (Å²) in [5.41, 5.74) is 25.5. The number of nitrogens with two attached hydrogens (primary N) is 3. The van der Waals surface area contributed by atoms with Crippen LogP contribution in [0, 0.1) is 0 Å². The third-order valence-electron chi connectivity index (χ3n) is 16.8. The smallest absolute Gasteiger partial charge is 0.246 e. The van der Waals surface area contributed by atoms with Crippen molar-refractivity contribution in [2.24, 2.45) is 0 Å². The number of benzene rings is 6. The van der Waals surface area contributed by atoms with Crippen LogP contribution >= 0.6 is 0 Å². The van der Waals surface area contributed by atoms with E-state index >= 15 is 0 Å². The summed E-state index contributed by atoms with van der Waals surface area (Å²) in [5.74, 6) is 5.45. The maximum absolute atomic E-state index is 12.4. The molecule has 7 N–H and O–H groups in total. The lowest BCUT2D eigenvalue weighted by molar-refractivity contribution is -0.128. The van der Waals surface area contributed by atoms with Crippen LogP contribution < -0.4 is 36.7 Å². The standard InChI is InChI=1S/C27H28N6O3.C26H26N6O2.C22H20N6O2/c1-35-17-5-8-23(34)32-15-13-20(14-16-32)33-27-24(26(28)29-18-30-27)25(31-33)19-9-11-22(12-10-19)36-21-6-3-2-4-7-21;1-2-6-22(33)31-15-13-19(14-16-31)32-26-23(25(27)28-17-29-26)24(30-32)18-9-11-21(12-10-18)34-20-7-4-3-5-8-20;1-2-18(29)24-12-13-28-22-19(21(23)25-14-26-22)20(27-28)15-8-10-17(11-9-15)30-16-6-4-3-5-7-16/h2-12,18,20H,13-17H2,1H3,(H2,28,29,30);2-12,17,19H,13-16H2,1H3,(H2,27,28,29);2-11,14H,1,12-13H2,(H,24,29)(H2,23,25,26)/b8-5+;6-2+;. The van der Waals surface area contributed by atoms with Crippen LogP contribution in [0.25, 0.3) is 66.9 Å². The topological polar surface area (TPSA) is 315 Å². The van der Waals surface area contributed by atoms with Crippen molar-refractivity contribution in [1.29, 1.82) is 0 Å². The van der Waals surface area contributed by atoms with Crippen LogP contribution in [-0.4, -0.2) is 133 Å². The van der Waals surface area contributed by atoms with Gasteiger partial charge in [-0.3, -0.25) is 14.4 Å². The number of nitrogens with one attached hydrogen (secondary N) is 1. The first-order valence-electron chi connectivity index (χ1n) is 32.6. The van der Waals surface area contributed by atoms with Gasteiger partial charge >= 0.3 is 0 Å². The number of aromatic nitrogens is 12. The summed E-state index contributed by atoms with van der Waals surface area (Å²) < 4.78 is 28.3. The first-order chi connectivity index (χ1) is 48.9. The lowest BCUT2D eigenvalue weighted by Gasteiger charge is -2.31. The Labute approximate surface area is 576 Å². The molecule has 0 bridgehead atoms. The molecule has 0 unspecified atom stereocenters. The Morgan fingerprint density at radius 2 is 0.850 bits per heavy atom. The Morgan fingerprint density at radius 1 is 0.490 bits per heavy atom. The van der Waals surface area contributed by atoms with Crippen LogP contribution in [0.15, 0.2) is 220 Å². The Hall–Kier alpha value is -12.6. The molecule has 0 spiro atoms. The fourth-order valence-electron chi connectivity index (χ4n) is 11.8. The van der Waals surface area contributed by atoms with E-state index in [1.165, 1.54) is 25.1 Å². The molecule has 506 valence electrons. The van der Waals surface area contributed by atoms with E-state index in [0.717, 1.165) is 93.3 Å². The highest BCUT2D eigenvalue weighted by Gasteiger charge is 2.30. The monoisotopic (exact) mass is 1340 g/mol. The summed E-state index contributed by atoms with van der Waals surface area (Å²) in [6, 6.07) is 52.2. The van der Waals surface area contributed by atoms with E-state index < -0.39 is 0 Å². The zero-order chi connectivity index (χ0) is 69.3. The molecule has 12 aromatic rings. The third kappa shape index (κ3) is 15.9. The molecular formula is C75H74N18O7. The molecule has 0 atom stereocenters. The highest BCUT2D eigenvalue weighted by molar-refractivity contribution is 6.00. The third-order valence-corrected chi connectivity index (χ3v) is 16.8. The largest absolute Gasteiger partial charge is 0.457 e. The molecule has 25 heteroatoms. The fraction of sp³-hybridized carbons (Fsp3) is 0.200. The second-order valence-corrected chi connectivity index (χ2v) is 23.3. The Morgan fingerprint density at radius 3 is 1.23 bits per heavy atom. The van der Waals surface area contributed by atoms with Gasteiger partial charge in [-0.1, -0.05) is 73.3 Å². The second-order valence-electron chi connectivity index (χ2n) is 23.3. The van der Waals surface area contributed by atoms with E-state index in [0.29, 0.717) is 97.1 Å². The number of allylic oxidation sites excluding steroid dienone is 1. The maximum atomic E-state index is 12.4. The molecule has 2 aliphatic heterocycles. The number of amides is 3. The number of carbonyl (C=O) groups is 3. The highest BCUT2D eigenvalue weighted by atomic mass is 16.5. The number of nitrogens with zero attached hydrogens (tertiary/aromatic N) is 14. The summed E-state index contributed by atoms with van der Waals surface area (Å²) in [7, 11) is 1.60. The van der Waals surface area contributed by atoms with Crippen molar-refractivity contribution >= 4 is 68.3 Å². The minimum Gasteiger partial charge on any atom is -0.457 e. The fourth-order valence-corrected chi connectivity index (χ4v) is 11.8. The zero-order valence-electron chi connectivity index (χ0n) is 55.2. The summed E-state index contributed by atoms with van der Waals surface area (Å²) in [6.07, 6.45) is 15.4. The predicted octanol–water partition coefficient (Wildman–Crippen LogP) is 12.0. The van der Waals surface area contributed by atoms with Crippen LogP contribution in [-0.2, 0) is 25.7 Å². The minimum atomic E-state index is -0.241. The SMILES string of the molecule is C/C=C/C(=O)N1CCC(n2nc(-c3ccc(Oc4ccccc4)cc3)c3c(N)ncnc32)CC1.C=CC(=O)NCCn1nc(-c2ccc(Oc3ccccc3)cc2)c2c(N)ncnc21.COC/C=C/C(=O)N1CCC(n2nc(-c3ccc(Oc4ccccc4)cc3)c3c(N)ncnc32)CC1. The lowest BCUT2D eigenvalue weighted by Crippen LogP contribution is -2.38. The van der Waals surface area contributed by atoms with Crippen LogP contribution in [0.2, 0.25) is 0 Å². The number of hydrogen-bond donors (Lipinski definition) is 4. The molecule has 8 heterocycles. The Kier molecular flexibility index (Phi) is 21.5. The predicted molar refractivity (Wildman–Crippen MR) is 384 cm³/mol. The normalized spacial score (nSPS) is 13.4. The summed E-state index contributed by atoms with van der Waals surface area (Å²) in [4.78, 5) is 65.6. The van der Waals surface area contributed by atoms with Crippen molar-refractivity contribution in [3.8, 4) is 68.3 Å². The molecule has 2 saturated heterocycles. The van der Waals surface area contributed by atoms with Gasteiger partial charge in [-0.2, -0.15) is 15.3 Å². The Bertz CT molecular complexity index is 4840. The number of anilines is 3. The average molecular weight is 1340 g/mol. The van der Waals surface area contributed by atoms with Gasteiger partial charge in [0, 0.05) is 62.6 Å². The van der Waals surface area contributed by atoms with Gasteiger partial charge in [0.05, 0.1) is 41.4 Å². The van der Waals surface area contributed by atoms with Gasteiger partial charge in [0.15, 0.2) is 16.9 Å². The van der Waals surface area contributed by atoms with Gasteiger partial charge in [-0.25, -0.2) is 43.9 Å². The average Bonchev–Trinajstić information content (AvgIpc) is 1.60. The van der Waals surface area contributed by atoms with Crippen LogP contribution in [0.1, 0.15) is 44.7 Å². The number of nitrogen functional groups attached to an aromatic ring is 3. The number of hydrogen-bond acceptors (Lipinski definition) is 19. The van der Waals surface area contributed by atoms with Crippen LogP contribution in [0.4, 0.5) is 17.5 Å². The summed E-state index contributed by atoms with van der Waals surface area (Å²) >= 11 is 0. The van der Waals surface area contributed by atoms with Gasteiger partial charge in [0.1, 0.15) is 88.0 Å². The number of ether oxygens (including phenoxy) is 4. The van der Waals surface area contributed by atoms with Crippen molar-refractivity contribution < 1.29 is 33.3 Å². The summed E-state index contributed by atoms with van der Waals surface area (Å²) in [6.45, 7) is 9.17. The molecule has 0 radical (unpaired) electrons. The van der Waals surface area contributed by atoms with E-state index in [-0.39, 0.29) is 29.8 Å². The molecular weight excluding hydrogens is 1260 g/mol. The van der Waals surface area contributed by atoms with E-state index in [9.17, 15) is 14.4 Å². The molecule has 100 heavy (non-hydrogen) atoms. The highest BCUT2D eigenvalue weighted by Crippen LogP contribution is 2.38. The van der Waals surface area contributed by atoms with Gasteiger partial charge < -0.3 is 51.3 Å². The molecule has 3 amide bonds. The number of carbonyl (C=O) groups excluding carboxylic acids is 3. The number of para-hydroxylation sites is 3. The van der Waals surface area contributed by atoms with E-state index in [1.54, 1.807) is 36.1 Å². The van der Waals surface area contributed by atoms with Crippen molar-refractivity contribution in [3.63, 3.8) is 0 Å². The first-order valence-corrected chi connectivity index (χ1v) is 32.6. The minimum absolute atomic E-state index is 0.000827. The zero-order valence-corrected chi connectivity index (χ0v) is 55.2. The molecule has 0 saturated carbocycles. The first kappa shape index (κ1) is 67.3. The molecule has 25 nitrogen and oxygen atoms in total. The van der Waals surface area contributed by atoms with Crippen molar-refractivity contribution in [2.75, 3.05) is 63.6 Å². The van der Waals surface area contributed by atoms with Gasteiger partial charge in [0.2, 0.25) is 17.7 Å². The maximum Gasteiger partial charge on any atom is 0.246 e. The van der Waals surface area contributed by atoms with Crippen molar-refractivity contribution in [1.82, 2.24) is 74.4 Å². The van der Waals surface area contributed by atoms with E-state index in [1.807, 2.05) is 190 Å². The van der Waals surface area contributed by atoms with Crippen LogP contribution in [0.3, 0.4) is 0 Å². The van der Waals surface area contributed by atoms with Crippen LogP contribution in [0.5, 0.6) is 34.5 Å². The Balaban J connectivity index is 0.000000143. The molecule has 6 aromatic heterocycles. The molecule has 0 aliphatic carbocycles. The van der Waals surface area contributed by atoms with Crippen molar-refractivity contribution in [3.05, 3.63) is 220 Å². The molecule has 2 fully saturated rings. The number of methoxy groups -OCH3 is 1. The van der Waals surface area contributed by atoms with Gasteiger partial charge in [-0.15, -0.1) is 0 Å². The lowest BCUT2D eigenvalue weighted by atomic mass is 10.1. The number of likely N-dealkylation sites (tertiary alicyclic amines) is 2. The molecule has 2 aliphatic rings. The summed E-state index contributed by atoms with van der Waals surface area (Å²) in [5, 5.41) is 19.4. The number of rotatable bonds is 19. The van der Waals surface area contributed by atoms with Gasteiger partial charge in [-0.05, 0) is 154 Å². The van der Waals surface area contributed by atoms with E-state index in [2.05, 4.69) is 46.9 Å².